The van der Waals surface area contributed by atoms with Crippen molar-refractivity contribution in [1.29, 1.82) is 0 Å². The molecule has 0 fully saturated rings. The number of para-hydroxylation sites is 1. The van der Waals surface area contributed by atoms with Crippen molar-refractivity contribution in [2.24, 2.45) is 4.99 Å². The van der Waals surface area contributed by atoms with Gasteiger partial charge in [0.25, 0.3) is 11.5 Å². The number of aryl methyl sites for hydroxylation is 1. The van der Waals surface area contributed by atoms with Crippen molar-refractivity contribution in [3.8, 4) is 11.3 Å². The first kappa shape index (κ1) is 26.7. The summed E-state index contributed by atoms with van der Waals surface area (Å²) in [6.45, 7) is 3.70. The molecule has 5 aromatic rings. The Labute approximate surface area is 243 Å². The molecule has 1 atom stereocenters. The third-order valence-electron chi connectivity index (χ3n) is 6.85. The largest absolute Gasteiger partial charge is 0.457 e. The Hall–Kier alpha value is -4.53. The van der Waals surface area contributed by atoms with Gasteiger partial charge in [-0.3, -0.25) is 14.2 Å². The molecule has 1 amide bonds. The standard InChI is InChI=1S/C32H23ClFN3O3S/c1-18-8-11-21(33)16-25(18)26-15-14-24(40-26)17-27-31(39)37-29(20-9-12-22(34)13-10-20)28(19(2)35-32(37)41-27)30(38)36-23-6-4-3-5-7-23/h3-17,29H,1-2H3,(H,36,38)/b27-17-/t29-/m1/s1. The van der Waals surface area contributed by atoms with Crippen LogP contribution in [-0.2, 0) is 4.79 Å². The molecule has 3 aromatic carbocycles. The number of amides is 1. The topological polar surface area (TPSA) is 76.6 Å². The molecule has 1 aliphatic rings. The van der Waals surface area contributed by atoms with E-state index in [0.29, 0.717) is 48.4 Å². The summed E-state index contributed by atoms with van der Waals surface area (Å²) in [6, 6.07) is 23.2. The van der Waals surface area contributed by atoms with Crippen molar-refractivity contribution in [2.45, 2.75) is 19.9 Å². The molecular formula is C32H23ClFN3O3S. The normalized spacial score (nSPS) is 15.0. The molecule has 3 heterocycles. The molecule has 1 aliphatic heterocycles. The van der Waals surface area contributed by atoms with E-state index in [1.165, 1.54) is 28.0 Å². The molecule has 9 heteroatoms. The van der Waals surface area contributed by atoms with Gasteiger partial charge in [-0.2, -0.15) is 0 Å². The zero-order chi connectivity index (χ0) is 28.7. The molecular weight excluding hydrogens is 561 g/mol. The van der Waals surface area contributed by atoms with E-state index in [1.54, 1.807) is 43.3 Å². The number of hydrogen-bond donors (Lipinski definition) is 1. The fourth-order valence-electron chi connectivity index (χ4n) is 4.86. The molecule has 0 saturated heterocycles. The van der Waals surface area contributed by atoms with Gasteiger partial charge in [-0.25, -0.2) is 9.38 Å². The van der Waals surface area contributed by atoms with Crippen LogP contribution < -0.4 is 20.2 Å². The molecule has 0 radical (unpaired) electrons. The SMILES string of the molecule is CC1=C(C(=O)Nc2ccccc2)[C@@H](c2ccc(F)cc2)n2c(s/c(=C\c3ccc(-c4cc(Cl)ccc4C)o3)c2=O)=N1. The van der Waals surface area contributed by atoms with Gasteiger partial charge in [-0.05, 0) is 73.5 Å². The number of hydrogen-bond acceptors (Lipinski definition) is 5. The van der Waals surface area contributed by atoms with Crippen LogP contribution in [0.25, 0.3) is 17.4 Å². The summed E-state index contributed by atoms with van der Waals surface area (Å²) in [5.74, 6) is 0.305. The van der Waals surface area contributed by atoms with Crippen LogP contribution in [0.4, 0.5) is 10.1 Å². The first-order valence-electron chi connectivity index (χ1n) is 12.8. The monoisotopic (exact) mass is 583 g/mol. The van der Waals surface area contributed by atoms with Gasteiger partial charge in [-0.15, -0.1) is 0 Å². The highest BCUT2D eigenvalue weighted by atomic mass is 35.5. The van der Waals surface area contributed by atoms with E-state index < -0.39 is 17.8 Å². The van der Waals surface area contributed by atoms with Crippen LogP contribution in [0.1, 0.15) is 29.9 Å². The molecule has 0 saturated carbocycles. The highest BCUT2D eigenvalue weighted by Gasteiger charge is 2.32. The first-order valence-corrected chi connectivity index (χ1v) is 14.0. The Morgan fingerprint density at radius 3 is 2.56 bits per heavy atom. The lowest BCUT2D eigenvalue weighted by Crippen LogP contribution is -2.40. The summed E-state index contributed by atoms with van der Waals surface area (Å²) in [5.41, 5.74) is 3.50. The van der Waals surface area contributed by atoms with Crippen LogP contribution in [0.15, 0.2) is 110 Å². The van der Waals surface area contributed by atoms with Crippen LogP contribution >= 0.6 is 22.9 Å². The molecule has 0 bridgehead atoms. The number of carbonyl (C=O) groups excluding carboxylic acids is 1. The summed E-state index contributed by atoms with van der Waals surface area (Å²) in [6.07, 6.45) is 1.66. The Morgan fingerprint density at radius 2 is 1.80 bits per heavy atom. The van der Waals surface area contributed by atoms with Crippen LogP contribution in [0.2, 0.25) is 5.02 Å². The molecule has 6 nitrogen and oxygen atoms in total. The molecule has 204 valence electrons. The quantitative estimate of drug-likeness (QED) is 0.266. The summed E-state index contributed by atoms with van der Waals surface area (Å²) >= 11 is 7.39. The van der Waals surface area contributed by atoms with E-state index in [2.05, 4.69) is 10.3 Å². The van der Waals surface area contributed by atoms with Crippen LogP contribution in [0, 0.1) is 12.7 Å². The smallest absolute Gasteiger partial charge is 0.271 e. The van der Waals surface area contributed by atoms with Crippen molar-refractivity contribution < 1.29 is 13.6 Å². The maximum absolute atomic E-state index is 13.9. The fourth-order valence-corrected chi connectivity index (χ4v) is 6.06. The average Bonchev–Trinajstić information content (AvgIpc) is 3.54. The number of allylic oxidation sites excluding steroid dienone is 1. The summed E-state index contributed by atoms with van der Waals surface area (Å²) < 4.78 is 21.8. The van der Waals surface area contributed by atoms with Crippen molar-refractivity contribution >= 4 is 40.6 Å². The average molecular weight is 584 g/mol. The molecule has 2 aromatic heterocycles. The minimum Gasteiger partial charge on any atom is -0.457 e. The lowest BCUT2D eigenvalue weighted by Gasteiger charge is -2.25. The van der Waals surface area contributed by atoms with Gasteiger partial charge >= 0.3 is 0 Å². The molecule has 6 rings (SSSR count). The number of nitrogens with one attached hydrogen (secondary N) is 1. The van der Waals surface area contributed by atoms with E-state index >= 15 is 0 Å². The number of anilines is 1. The summed E-state index contributed by atoms with van der Waals surface area (Å²) in [5, 5.41) is 3.50. The number of aromatic nitrogens is 1. The van der Waals surface area contributed by atoms with Crippen LogP contribution in [0.3, 0.4) is 0 Å². The Kier molecular flexibility index (Phi) is 7.03. The van der Waals surface area contributed by atoms with Gasteiger partial charge < -0.3 is 9.73 Å². The Bertz CT molecular complexity index is 2010. The highest BCUT2D eigenvalue weighted by molar-refractivity contribution is 7.07. The lowest BCUT2D eigenvalue weighted by molar-refractivity contribution is -0.113. The van der Waals surface area contributed by atoms with Gasteiger partial charge in [0.15, 0.2) is 4.80 Å². The number of thiazole rings is 1. The van der Waals surface area contributed by atoms with Crippen LogP contribution in [-0.4, -0.2) is 10.5 Å². The third kappa shape index (κ3) is 5.19. The molecule has 0 aliphatic carbocycles. The van der Waals surface area contributed by atoms with Gasteiger partial charge in [0.1, 0.15) is 17.3 Å². The Balaban J connectivity index is 1.45. The van der Waals surface area contributed by atoms with E-state index in [4.69, 9.17) is 16.0 Å². The number of halogens is 2. The van der Waals surface area contributed by atoms with Gasteiger partial charge in [0.05, 0.1) is 21.8 Å². The van der Waals surface area contributed by atoms with Crippen LogP contribution in [0.5, 0.6) is 0 Å². The maximum Gasteiger partial charge on any atom is 0.271 e. The molecule has 0 spiro atoms. The first-order chi connectivity index (χ1) is 19.8. The number of fused-ring (bicyclic) bond motifs is 1. The molecule has 41 heavy (non-hydrogen) atoms. The zero-order valence-electron chi connectivity index (χ0n) is 22.0. The van der Waals surface area contributed by atoms with Crippen molar-refractivity contribution in [2.75, 3.05) is 5.32 Å². The van der Waals surface area contributed by atoms with E-state index in [1.807, 2.05) is 49.4 Å². The fraction of sp³-hybridized carbons (Fsp3) is 0.0938. The minimum atomic E-state index is -0.806. The maximum atomic E-state index is 13.9. The van der Waals surface area contributed by atoms with E-state index in [9.17, 15) is 14.0 Å². The zero-order valence-corrected chi connectivity index (χ0v) is 23.6. The Morgan fingerprint density at radius 1 is 1.05 bits per heavy atom. The second-order valence-electron chi connectivity index (χ2n) is 9.61. The van der Waals surface area contributed by atoms with Gasteiger partial charge in [-0.1, -0.05) is 59.3 Å². The number of benzene rings is 3. The second-order valence-corrected chi connectivity index (χ2v) is 11.1. The van der Waals surface area contributed by atoms with Crippen molar-refractivity contribution in [1.82, 2.24) is 4.57 Å². The summed E-state index contributed by atoms with van der Waals surface area (Å²) in [7, 11) is 0. The van der Waals surface area contributed by atoms with Gasteiger partial charge in [0.2, 0.25) is 0 Å². The minimum absolute atomic E-state index is 0.302. The number of nitrogens with zero attached hydrogens (tertiary/aromatic N) is 2. The molecule has 0 unspecified atom stereocenters. The van der Waals surface area contributed by atoms with Crippen molar-refractivity contribution in [3.63, 3.8) is 0 Å². The second kappa shape index (κ2) is 10.8. The summed E-state index contributed by atoms with van der Waals surface area (Å²) in [4.78, 5) is 32.5. The molecule has 1 N–H and O–H groups in total. The third-order valence-corrected chi connectivity index (χ3v) is 8.07. The highest BCUT2D eigenvalue weighted by Crippen LogP contribution is 2.31. The van der Waals surface area contributed by atoms with E-state index in [0.717, 1.165) is 11.1 Å². The number of carbonyl (C=O) groups is 1. The number of furan rings is 1. The predicted octanol–water partition coefficient (Wildman–Crippen LogP) is 6.23. The van der Waals surface area contributed by atoms with Gasteiger partial charge in [0, 0.05) is 22.3 Å². The predicted molar refractivity (Wildman–Crippen MR) is 159 cm³/mol. The lowest BCUT2D eigenvalue weighted by atomic mass is 9.95. The van der Waals surface area contributed by atoms with E-state index in [-0.39, 0.29) is 5.56 Å². The number of rotatable bonds is 5. The van der Waals surface area contributed by atoms with Crippen molar-refractivity contribution in [3.05, 3.63) is 144 Å².